The highest BCUT2D eigenvalue weighted by Gasteiger charge is 2.40. The first-order chi connectivity index (χ1) is 8.80. The summed E-state index contributed by atoms with van der Waals surface area (Å²) < 4.78 is 28.1. The Morgan fingerprint density at radius 2 is 2.11 bits per heavy atom. The number of anilines is 1. The van der Waals surface area contributed by atoms with Gasteiger partial charge in [-0.2, -0.15) is 0 Å². The van der Waals surface area contributed by atoms with E-state index in [1.807, 2.05) is 0 Å². The summed E-state index contributed by atoms with van der Waals surface area (Å²) in [5.74, 6) is 0. The molecule has 0 heterocycles. The second-order valence-electron chi connectivity index (χ2n) is 5.02. The third kappa shape index (κ3) is 2.79. The molecule has 1 aromatic carbocycles. The molecule has 0 amide bonds. The predicted molar refractivity (Wildman–Crippen MR) is 77.3 cm³/mol. The molecule has 0 bridgehead atoms. The third-order valence-corrected chi connectivity index (χ3v) is 5.78. The van der Waals surface area contributed by atoms with Gasteiger partial charge >= 0.3 is 0 Å². The topological polar surface area (TPSA) is 92.4 Å². The minimum absolute atomic E-state index is 0.152. The van der Waals surface area contributed by atoms with Crippen LogP contribution in [0.4, 0.5) is 5.69 Å². The molecule has 1 aliphatic carbocycles. The van der Waals surface area contributed by atoms with Crippen LogP contribution in [-0.4, -0.2) is 25.7 Å². The van der Waals surface area contributed by atoms with E-state index in [0.29, 0.717) is 28.6 Å². The van der Waals surface area contributed by atoms with Gasteiger partial charge in [0.1, 0.15) is 0 Å². The van der Waals surface area contributed by atoms with Crippen molar-refractivity contribution in [2.75, 3.05) is 12.3 Å². The molecular weight excluding hydrogens is 332 g/mol. The number of benzene rings is 1. The number of nitrogens with two attached hydrogens (primary N) is 1. The Morgan fingerprint density at radius 3 is 2.58 bits per heavy atom. The maximum absolute atomic E-state index is 12.4. The van der Waals surface area contributed by atoms with E-state index in [0.717, 1.165) is 6.42 Å². The number of hydrogen-bond donors (Lipinski definition) is 3. The second-order valence-corrected chi connectivity index (χ2v) is 7.58. The predicted octanol–water partition coefficient (Wildman–Crippen LogP) is 1.53. The third-order valence-electron chi connectivity index (χ3n) is 3.62. The molecule has 7 heteroatoms. The largest absolute Gasteiger partial charge is 0.398 e. The molecule has 0 spiro atoms. The Hall–Kier alpha value is -0.630. The molecule has 0 saturated heterocycles. The van der Waals surface area contributed by atoms with Gasteiger partial charge in [0.05, 0.1) is 17.0 Å². The SMILES string of the molecule is Cc1c(N)cc(Br)cc1S(=O)(=O)NC1(CO)CCC1. The summed E-state index contributed by atoms with van der Waals surface area (Å²) in [6.45, 7) is 1.48. The minimum atomic E-state index is -3.69. The number of rotatable bonds is 4. The van der Waals surface area contributed by atoms with Crippen molar-refractivity contribution in [1.29, 1.82) is 0 Å². The highest BCUT2D eigenvalue weighted by atomic mass is 79.9. The normalized spacial score (nSPS) is 18.1. The van der Waals surface area contributed by atoms with Gasteiger partial charge in [-0.3, -0.25) is 0 Å². The maximum atomic E-state index is 12.4. The van der Waals surface area contributed by atoms with E-state index >= 15 is 0 Å². The number of halogens is 1. The standard InChI is InChI=1S/C12H17BrN2O3S/c1-8-10(14)5-9(13)6-11(8)19(17,18)15-12(7-16)3-2-4-12/h5-6,15-16H,2-4,7,14H2,1H3. The van der Waals surface area contributed by atoms with Crippen molar-refractivity contribution in [3.8, 4) is 0 Å². The molecule has 5 nitrogen and oxygen atoms in total. The van der Waals surface area contributed by atoms with Gasteiger partial charge < -0.3 is 10.8 Å². The minimum Gasteiger partial charge on any atom is -0.398 e. The Kier molecular flexibility index (Phi) is 3.92. The van der Waals surface area contributed by atoms with Gasteiger partial charge in [-0.25, -0.2) is 13.1 Å². The number of aliphatic hydroxyl groups is 1. The summed E-state index contributed by atoms with van der Waals surface area (Å²) in [5.41, 5.74) is 6.02. The highest BCUT2D eigenvalue weighted by molar-refractivity contribution is 9.10. The van der Waals surface area contributed by atoms with Crippen molar-refractivity contribution in [2.45, 2.75) is 36.6 Å². The zero-order valence-corrected chi connectivity index (χ0v) is 13.0. The molecule has 0 aliphatic heterocycles. The van der Waals surface area contributed by atoms with Gasteiger partial charge in [0.15, 0.2) is 0 Å². The van der Waals surface area contributed by atoms with Crippen molar-refractivity contribution < 1.29 is 13.5 Å². The van der Waals surface area contributed by atoms with Crippen LogP contribution in [0, 0.1) is 6.92 Å². The van der Waals surface area contributed by atoms with Crippen molar-refractivity contribution >= 4 is 31.6 Å². The summed E-state index contributed by atoms with van der Waals surface area (Å²) in [6, 6.07) is 3.19. The molecule has 0 radical (unpaired) electrons. The van der Waals surface area contributed by atoms with Crippen molar-refractivity contribution in [3.05, 3.63) is 22.2 Å². The van der Waals surface area contributed by atoms with Crippen LogP contribution in [0.1, 0.15) is 24.8 Å². The summed E-state index contributed by atoms with van der Waals surface area (Å²) in [5, 5.41) is 9.36. The van der Waals surface area contributed by atoms with Crippen LogP contribution in [0.5, 0.6) is 0 Å². The molecule has 19 heavy (non-hydrogen) atoms. The first-order valence-electron chi connectivity index (χ1n) is 6.00. The van der Waals surface area contributed by atoms with Gasteiger partial charge in [0.25, 0.3) is 0 Å². The van der Waals surface area contributed by atoms with Crippen LogP contribution in [0.2, 0.25) is 0 Å². The van der Waals surface area contributed by atoms with Gasteiger partial charge in [-0.05, 0) is 43.9 Å². The lowest BCUT2D eigenvalue weighted by Gasteiger charge is -2.40. The van der Waals surface area contributed by atoms with Crippen LogP contribution in [-0.2, 0) is 10.0 Å². The molecule has 0 aromatic heterocycles. The number of sulfonamides is 1. The number of nitrogens with one attached hydrogen (secondary N) is 1. The van der Waals surface area contributed by atoms with E-state index in [-0.39, 0.29) is 11.5 Å². The summed E-state index contributed by atoms with van der Waals surface area (Å²) in [4.78, 5) is 0.152. The maximum Gasteiger partial charge on any atom is 0.241 e. The molecule has 1 aliphatic rings. The summed E-state index contributed by atoms with van der Waals surface area (Å²) in [7, 11) is -3.69. The molecule has 0 atom stereocenters. The first kappa shape index (κ1) is 14.8. The summed E-state index contributed by atoms with van der Waals surface area (Å²) >= 11 is 3.25. The quantitative estimate of drug-likeness (QED) is 0.719. The summed E-state index contributed by atoms with van der Waals surface area (Å²) in [6.07, 6.45) is 2.24. The number of aliphatic hydroxyl groups excluding tert-OH is 1. The van der Waals surface area contributed by atoms with Gasteiger partial charge in [0, 0.05) is 10.2 Å². The fourth-order valence-corrected chi connectivity index (χ4v) is 4.57. The van der Waals surface area contributed by atoms with Crippen LogP contribution in [0.25, 0.3) is 0 Å². The van der Waals surface area contributed by atoms with Crippen molar-refractivity contribution in [3.63, 3.8) is 0 Å². The number of hydrogen-bond acceptors (Lipinski definition) is 4. The Morgan fingerprint density at radius 1 is 1.47 bits per heavy atom. The molecule has 1 saturated carbocycles. The molecule has 1 fully saturated rings. The first-order valence-corrected chi connectivity index (χ1v) is 8.28. The van der Waals surface area contributed by atoms with E-state index in [4.69, 9.17) is 5.73 Å². The van der Waals surface area contributed by atoms with E-state index in [1.165, 1.54) is 6.07 Å². The molecular formula is C12H17BrN2O3S. The smallest absolute Gasteiger partial charge is 0.241 e. The van der Waals surface area contributed by atoms with Crippen LogP contribution in [0.15, 0.2) is 21.5 Å². The highest BCUT2D eigenvalue weighted by Crippen LogP contribution is 2.34. The Labute approximate surface area is 121 Å². The zero-order chi connectivity index (χ0) is 14.3. The second kappa shape index (κ2) is 5.05. The van der Waals surface area contributed by atoms with E-state index in [9.17, 15) is 13.5 Å². The molecule has 0 unspecified atom stereocenters. The zero-order valence-electron chi connectivity index (χ0n) is 10.6. The van der Waals surface area contributed by atoms with E-state index in [2.05, 4.69) is 20.7 Å². The Bertz CT molecular complexity index is 592. The van der Waals surface area contributed by atoms with Gasteiger partial charge in [0.2, 0.25) is 10.0 Å². The monoisotopic (exact) mass is 348 g/mol. The number of nitrogen functional groups attached to an aromatic ring is 1. The average molecular weight is 349 g/mol. The molecule has 106 valence electrons. The van der Waals surface area contributed by atoms with E-state index in [1.54, 1.807) is 13.0 Å². The fourth-order valence-electron chi connectivity index (χ4n) is 2.19. The molecule has 1 aromatic rings. The van der Waals surface area contributed by atoms with Crippen molar-refractivity contribution in [2.24, 2.45) is 0 Å². The molecule has 4 N–H and O–H groups in total. The lowest BCUT2D eigenvalue weighted by molar-refractivity contribution is 0.110. The van der Waals surface area contributed by atoms with Crippen LogP contribution in [0.3, 0.4) is 0 Å². The average Bonchev–Trinajstić information content (AvgIpc) is 2.28. The van der Waals surface area contributed by atoms with Crippen molar-refractivity contribution in [1.82, 2.24) is 4.72 Å². The molecule has 2 rings (SSSR count). The van der Waals surface area contributed by atoms with Crippen LogP contribution < -0.4 is 10.5 Å². The Balaban J connectivity index is 2.40. The lowest BCUT2D eigenvalue weighted by Crippen LogP contribution is -2.56. The van der Waals surface area contributed by atoms with Gasteiger partial charge in [-0.1, -0.05) is 15.9 Å². The van der Waals surface area contributed by atoms with Crippen LogP contribution >= 0.6 is 15.9 Å². The van der Waals surface area contributed by atoms with Gasteiger partial charge in [-0.15, -0.1) is 0 Å². The lowest BCUT2D eigenvalue weighted by atomic mass is 9.78. The fraction of sp³-hybridized carbons (Fsp3) is 0.500. The van der Waals surface area contributed by atoms with E-state index < -0.39 is 15.6 Å².